The van der Waals surface area contributed by atoms with Crippen LogP contribution in [0.3, 0.4) is 0 Å². The second-order valence-electron chi connectivity index (χ2n) is 6.05. The molecule has 0 spiro atoms. The van der Waals surface area contributed by atoms with E-state index in [4.69, 9.17) is 16.2 Å². The van der Waals surface area contributed by atoms with Crippen molar-refractivity contribution < 1.29 is 14.3 Å². The molecule has 1 aliphatic rings. The summed E-state index contributed by atoms with van der Waals surface area (Å²) in [4.78, 5) is 25.5. The number of carbonyl (C=O) groups excluding carboxylic acids is 2. The molecule has 2 amide bonds. The van der Waals surface area contributed by atoms with Crippen LogP contribution in [0, 0.1) is 0 Å². The summed E-state index contributed by atoms with van der Waals surface area (Å²) in [5.41, 5.74) is 12.0. The van der Waals surface area contributed by atoms with Gasteiger partial charge in [-0.15, -0.1) is 0 Å². The molecule has 1 aliphatic heterocycles. The molecule has 0 bridgehead atoms. The Morgan fingerprint density at radius 1 is 1.00 bits per heavy atom. The summed E-state index contributed by atoms with van der Waals surface area (Å²) in [6, 6.07) is 13.7. The van der Waals surface area contributed by atoms with Gasteiger partial charge in [-0.25, -0.2) is 0 Å². The molecule has 6 nitrogen and oxygen atoms in total. The third-order valence-corrected chi connectivity index (χ3v) is 4.39. The normalized spacial score (nSPS) is 16.7. The predicted molar refractivity (Wildman–Crippen MR) is 94.6 cm³/mol. The lowest BCUT2D eigenvalue weighted by Crippen LogP contribution is -2.39. The van der Waals surface area contributed by atoms with Crippen molar-refractivity contribution in [3.05, 3.63) is 59.7 Å². The van der Waals surface area contributed by atoms with Crippen molar-refractivity contribution in [3.8, 4) is 11.5 Å². The smallest absolute Gasteiger partial charge is 0.254 e. The number of hydrogen-bond donors (Lipinski definition) is 2. The van der Waals surface area contributed by atoms with Crippen molar-refractivity contribution in [1.82, 2.24) is 4.90 Å². The zero-order chi connectivity index (χ0) is 17.8. The van der Waals surface area contributed by atoms with E-state index in [-0.39, 0.29) is 11.9 Å². The lowest BCUT2D eigenvalue weighted by Gasteiger charge is -2.23. The average Bonchev–Trinajstić information content (AvgIpc) is 3.11. The summed E-state index contributed by atoms with van der Waals surface area (Å²) in [6.07, 6.45) is 1.96. The van der Waals surface area contributed by atoms with Gasteiger partial charge in [-0.05, 0) is 61.4 Å². The van der Waals surface area contributed by atoms with Crippen LogP contribution in [0.1, 0.15) is 33.6 Å². The minimum atomic E-state index is -0.480. The van der Waals surface area contributed by atoms with E-state index in [2.05, 4.69) is 0 Å². The van der Waals surface area contributed by atoms with Gasteiger partial charge < -0.3 is 21.1 Å². The van der Waals surface area contributed by atoms with Gasteiger partial charge in [-0.1, -0.05) is 0 Å². The number of ether oxygens (including phenoxy) is 1. The maximum Gasteiger partial charge on any atom is 0.254 e. The Labute approximate surface area is 146 Å². The molecular formula is C19H21N3O3. The number of primary amides is 1. The van der Waals surface area contributed by atoms with Crippen LogP contribution in [0.4, 0.5) is 0 Å². The van der Waals surface area contributed by atoms with Crippen molar-refractivity contribution in [2.75, 3.05) is 13.1 Å². The number of likely N-dealkylation sites (tertiary alicyclic amines) is 1. The minimum absolute atomic E-state index is 0.00492. The van der Waals surface area contributed by atoms with Crippen LogP contribution in [-0.4, -0.2) is 35.8 Å². The van der Waals surface area contributed by atoms with Crippen LogP contribution in [-0.2, 0) is 0 Å². The van der Waals surface area contributed by atoms with Gasteiger partial charge in [0, 0.05) is 30.3 Å². The zero-order valence-electron chi connectivity index (χ0n) is 13.9. The Bertz CT molecular complexity index is 756. The summed E-state index contributed by atoms with van der Waals surface area (Å²) in [7, 11) is 0. The van der Waals surface area contributed by atoms with Gasteiger partial charge >= 0.3 is 0 Å². The van der Waals surface area contributed by atoms with Crippen molar-refractivity contribution in [2.24, 2.45) is 11.5 Å². The summed E-state index contributed by atoms with van der Waals surface area (Å²) in [5.74, 6) is 0.726. The molecule has 1 heterocycles. The van der Waals surface area contributed by atoms with Crippen molar-refractivity contribution in [1.29, 1.82) is 0 Å². The van der Waals surface area contributed by atoms with E-state index in [0.717, 1.165) is 19.4 Å². The molecule has 6 heteroatoms. The number of nitrogens with zero attached hydrogens (tertiary/aromatic N) is 1. The fraction of sp³-hybridized carbons (Fsp3) is 0.263. The van der Waals surface area contributed by atoms with Gasteiger partial charge in [-0.2, -0.15) is 0 Å². The molecule has 3 rings (SSSR count). The molecule has 2 aromatic carbocycles. The molecule has 2 aromatic rings. The number of rotatable bonds is 5. The Hall–Kier alpha value is -2.86. The van der Waals surface area contributed by atoms with E-state index < -0.39 is 5.91 Å². The maximum absolute atomic E-state index is 12.6. The fourth-order valence-electron chi connectivity index (χ4n) is 3.00. The van der Waals surface area contributed by atoms with Crippen molar-refractivity contribution in [3.63, 3.8) is 0 Å². The first-order chi connectivity index (χ1) is 12.1. The molecule has 25 heavy (non-hydrogen) atoms. The van der Waals surface area contributed by atoms with E-state index in [9.17, 15) is 9.59 Å². The van der Waals surface area contributed by atoms with Gasteiger partial charge in [0.1, 0.15) is 11.5 Å². The maximum atomic E-state index is 12.6. The highest BCUT2D eigenvalue weighted by Gasteiger charge is 2.28. The van der Waals surface area contributed by atoms with Gasteiger partial charge in [-0.3, -0.25) is 9.59 Å². The molecular weight excluding hydrogens is 318 g/mol. The van der Waals surface area contributed by atoms with Crippen molar-refractivity contribution >= 4 is 11.8 Å². The molecule has 0 saturated carbocycles. The first kappa shape index (κ1) is 17.0. The van der Waals surface area contributed by atoms with Gasteiger partial charge in [0.15, 0.2) is 0 Å². The fourth-order valence-corrected chi connectivity index (χ4v) is 3.00. The first-order valence-electron chi connectivity index (χ1n) is 8.27. The quantitative estimate of drug-likeness (QED) is 0.872. The average molecular weight is 339 g/mol. The van der Waals surface area contributed by atoms with E-state index in [1.54, 1.807) is 48.5 Å². The highest BCUT2D eigenvalue weighted by Crippen LogP contribution is 2.24. The second kappa shape index (κ2) is 7.36. The standard InChI is InChI=1S/C19H21N3O3/c20-12-15-2-1-11-22(15)19(24)14-5-9-17(10-6-14)25-16-7-3-13(4-8-16)18(21)23/h3-10,15H,1-2,11-12,20H2,(H2,21,23). The molecule has 1 fully saturated rings. The predicted octanol–water partition coefficient (Wildman–Crippen LogP) is 2.14. The third kappa shape index (κ3) is 3.80. The Kier molecular flexibility index (Phi) is 5.00. The summed E-state index contributed by atoms with van der Waals surface area (Å²) in [6.45, 7) is 1.25. The van der Waals surface area contributed by atoms with Crippen LogP contribution < -0.4 is 16.2 Å². The molecule has 130 valence electrons. The highest BCUT2D eigenvalue weighted by atomic mass is 16.5. The van der Waals surface area contributed by atoms with E-state index in [1.807, 2.05) is 4.90 Å². The lowest BCUT2D eigenvalue weighted by atomic mass is 10.1. The molecule has 4 N–H and O–H groups in total. The topological polar surface area (TPSA) is 98.7 Å². The number of carbonyl (C=O) groups is 2. The zero-order valence-corrected chi connectivity index (χ0v) is 13.9. The number of amides is 2. The lowest BCUT2D eigenvalue weighted by molar-refractivity contribution is 0.0741. The van der Waals surface area contributed by atoms with Crippen LogP contribution in [0.25, 0.3) is 0 Å². The number of hydrogen-bond acceptors (Lipinski definition) is 4. The van der Waals surface area contributed by atoms with E-state index >= 15 is 0 Å². The highest BCUT2D eigenvalue weighted by molar-refractivity contribution is 5.94. The third-order valence-electron chi connectivity index (χ3n) is 4.39. The number of nitrogens with two attached hydrogens (primary N) is 2. The van der Waals surface area contributed by atoms with Gasteiger partial charge in [0.25, 0.3) is 5.91 Å². The molecule has 0 aromatic heterocycles. The first-order valence-corrected chi connectivity index (χ1v) is 8.27. The summed E-state index contributed by atoms with van der Waals surface area (Å²) < 4.78 is 5.72. The largest absolute Gasteiger partial charge is 0.457 e. The Morgan fingerprint density at radius 2 is 1.56 bits per heavy atom. The molecule has 0 radical (unpaired) electrons. The monoisotopic (exact) mass is 339 g/mol. The van der Waals surface area contributed by atoms with E-state index in [0.29, 0.717) is 29.2 Å². The van der Waals surface area contributed by atoms with Crippen molar-refractivity contribution in [2.45, 2.75) is 18.9 Å². The summed E-state index contributed by atoms with van der Waals surface area (Å²) in [5, 5.41) is 0. The molecule has 1 atom stereocenters. The van der Waals surface area contributed by atoms with Crippen LogP contribution in [0.2, 0.25) is 0 Å². The SMILES string of the molecule is NCC1CCCN1C(=O)c1ccc(Oc2ccc(C(N)=O)cc2)cc1. The Balaban J connectivity index is 1.67. The number of benzene rings is 2. The second-order valence-corrected chi connectivity index (χ2v) is 6.05. The Morgan fingerprint density at radius 3 is 2.08 bits per heavy atom. The minimum Gasteiger partial charge on any atom is -0.457 e. The van der Waals surface area contributed by atoms with Gasteiger partial charge in [0.05, 0.1) is 0 Å². The van der Waals surface area contributed by atoms with Crippen LogP contribution in [0.15, 0.2) is 48.5 Å². The molecule has 0 aliphatic carbocycles. The van der Waals surface area contributed by atoms with Gasteiger partial charge in [0.2, 0.25) is 5.91 Å². The molecule has 1 saturated heterocycles. The molecule has 1 unspecified atom stereocenters. The summed E-state index contributed by atoms with van der Waals surface area (Å²) >= 11 is 0. The van der Waals surface area contributed by atoms with E-state index in [1.165, 1.54) is 0 Å². The van der Waals surface area contributed by atoms with Crippen LogP contribution in [0.5, 0.6) is 11.5 Å². The van der Waals surface area contributed by atoms with Crippen LogP contribution >= 0.6 is 0 Å².